The van der Waals surface area contributed by atoms with E-state index in [2.05, 4.69) is 22.6 Å². The zero-order chi connectivity index (χ0) is 17.3. The minimum atomic E-state index is 0.171. The van der Waals surface area contributed by atoms with Crippen LogP contribution in [0.15, 0.2) is 48.1 Å². The Hall–Kier alpha value is -2.40. The summed E-state index contributed by atoms with van der Waals surface area (Å²) >= 11 is 1.47. The predicted molar refractivity (Wildman–Crippen MR) is 100 cm³/mol. The van der Waals surface area contributed by atoms with E-state index in [1.54, 1.807) is 6.20 Å². The summed E-state index contributed by atoms with van der Waals surface area (Å²) in [6.07, 6.45) is 1.80. The third kappa shape index (κ3) is 2.99. The van der Waals surface area contributed by atoms with Crippen LogP contribution in [-0.4, -0.2) is 20.7 Å². The van der Waals surface area contributed by atoms with Gasteiger partial charge in [0.25, 0.3) is 0 Å². The van der Waals surface area contributed by atoms with Crippen LogP contribution in [-0.2, 0) is 6.54 Å². The first-order chi connectivity index (χ1) is 11.5. The van der Waals surface area contributed by atoms with Crippen molar-refractivity contribution >= 4 is 27.8 Å². The fourth-order valence-electron chi connectivity index (χ4n) is 2.57. The van der Waals surface area contributed by atoms with Gasteiger partial charge in [0.2, 0.25) is 5.88 Å². The number of nitrogens with zero attached hydrogens (tertiary/aromatic N) is 3. The van der Waals surface area contributed by atoms with E-state index in [1.165, 1.54) is 11.3 Å². The fraction of sp³-hybridized carbons (Fsp3) is 0.263. The Morgan fingerprint density at radius 3 is 2.83 bits per heavy atom. The number of benzene rings is 1. The lowest BCUT2D eigenvalue weighted by atomic mass is 10.1. The van der Waals surface area contributed by atoms with Gasteiger partial charge in [-0.15, -0.1) is 0 Å². The molecule has 1 N–H and O–H groups in total. The van der Waals surface area contributed by atoms with E-state index in [4.69, 9.17) is 0 Å². The Labute approximate surface area is 145 Å². The van der Waals surface area contributed by atoms with Crippen molar-refractivity contribution in [3.8, 4) is 5.88 Å². The Morgan fingerprint density at radius 1 is 1.38 bits per heavy atom. The standard InChI is InChI=1S/C19H21N3OS/c1-5-22-18(23)17(24-19(22)21-12(2)3)13(4)15-10-14-8-6-7-9-16(14)20-11-15/h6-12,23H,4-5H2,1-3H3. The number of hydrogen-bond donors (Lipinski definition) is 1. The van der Waals surface area contributed by atoms with Crippen molar-refractivity contribution in [1.29, 1.82) is 0 Å². The first-order valence-corrected chi connectivity index (χ1v) is 8.83. The molecule has 0 unspecified atom stereocenters. The monoisotopic (exact) mass is 339 g/mol. The molecule has 0 saturated carbocycles. The maximum atomic E-state index is 10.6. The van der Waals surface area contributed by atoms with Gasteiger partial charge in [-0.1, -0.05) is 36.1 Å². The third-order valence-corrected chi connectivity index (χ3v) is 4.92. The van der Waals surface area contributed by atoms with Crippen molar-refractivity contribution in [2.75, 3.05) is 0 Å². The molecule has 2 heterocycles. The highest BCUT2D eigenvalue weighted by molar-refractivity contribution is 7.10. The number of thiazole rings is 1. The summed E-state index contributed by atoms with van der Waals surface area (Å²) in [5.74, 6) is 0.222. The summed E-state index contributed by atoms with van der Waals surface area (Å²) in [5, 5.41) is 11.7. The molecule has 0 amide bonds. The van der Waals surface area contributed by atoms with Crippen molar-refractivity contribution in [3.63, 3.8) is 0 Å². The Balaban J connectivity index is 2.10. The molecule has 2 aromatic heterocycles. The molecule has 0 bridgehead atoms. The minimum Gasteiger partial charge on any atom is -0.493 e. The van der Waals surface area contributed by atoms with E-state index >= 15 is 0 Å². The number of fused-ring (bicyclic) bond motifs is 1. The van der Waals surface area contributed by atoms with Crippen LogP contribution in [0.2, 0.25) is 0 Å². The Morgan fingerprint density at radius 2 is 2.12 bits per heavy atom. The average molecular weight is 339 g/mol. The molecule has 3 rings (SSSR count). The van der Waals surface area contributed by atoms with Gasteiger partial charge in [0.05, 0.1) is 10.4 Å². The van der Waals surface area contributed by atoms with Gasteiger partial charge in [-0.2, -0.15) is 0 Å². The Bertz CT molecular complexity index is 966. The Kier molecular flexibility index (Phi) is 4.53. The molecule has 0 spiro atoms. The highest BCUT2D eigenvalue weighted by atomic mass is 32.1. The highest BCUT2D eigenvalue weighted by Crippen LogP contribution is 2.32. The molecule has 0 aliphatic heterocycles. The van der Waals surface area contributed by atoms with Crippen molar-refractivity contribution in [2.45, 2.75) is 33.4 Å². The molecule has 0 aliphatic rings. The van der Waals surface area contributed by atoms with Crippen LogP contribution in [0.25, 0.3) is 16.5 Å². The minimum absolute atomic E-state index is 0.171. The summed E-state index contributed by atoms with van der Waals surface area (Å²) in [4.78, 5) is 10.6. The molecule has 0 fully saturated rings. The summed E-state index contributed by atoms with van der Waals surface area (Å²) in [6.45, 7) is 10.9. The number of aromatic nitrogens is 2. The van der Waals surface area contributed by atoms with Gasteiger partial charge in [0, 0.05) is 29.7 Å². The maximum absolute atomic E-state index is 10.6. The number of para-hydroxylation sites is 1. The maximum Gasteiger partial charge on any atom is 0.211 e. The van der Waals surface area contributed by atoms with Gasteiger partial charge in [-0.05, 0) is 38.5 Å². The van der Waals surface area contributed by atoms with Crippen LogP contribution in [0, 0.1) is 0 Å². The largest absolute Gasteiger partial charge is 0.493 e. The molecule has 4 nitrogen and oxygen atoms in total. The normalized spacial score (nSPS) is 12.2. The molecule has 124 valence electrons. The van der Waals surface area contributed by atoms with Crippen LogP contribution in [0.5, 0.6) is 5.88 Å². The van der Waals surface area contributed by atoms with E-state index in [0.717, 1.165) is 31.7 Å². The van der Waals surface area contributed by atoms with Gasteiger partial charge >= 0.3 is 0 Å². The van der Waals surface area contributed by atoms with Crippen LogP contribution in [0.3, 0.4) is 0 Å². The molecule has 0 radical (unpaired) electrons. The second kappa shape index (κ2) is 6.61. The van der Waals surface area contributed by atoms with Gasteiger partial charge in [0.15, 0.2) is 4.80 Å². The summed E-state index contributed by atoms with van der Waals surface area (Å²) < 4.78 is 1.82. The number of pyridine rings is 1. The molecular weight excluding hydrogens is 318 g/mol. The molecule has 0 atom stereocenters. The topological polar surface area (TPSA) is 50.4 Å². The van der Waals surface area contributed by atoms with Crippen molar-refractivity contribution in [3.05, 3.63) is 58.3 Å². The van der Waals surface area contributed by atoms with Crippen LogP contribution in [0.4, 0.5) is 0 Å². The molecule has 3 aromatic rings. The molecule has 5 heteroatoms. The summed E-state index contributed by atoms with van der Waals surface area (Å²) in [7, 11) is 0. The quantitative estimate of drug-likeness (QED) is 0.775. The van der Waals surface area contributed by atoms with Gasteiger partial charge in [0.1, 0.15) is 0 Å². The second-order valence-corrected chi connectivity index (χ2v) is 6.88. The first kappa shape index (κ1) is 16.5. The van der Waals surface area contributed by atoms with Crippen molar-refractivity contribution in [2.24, 2.45) is 4.99 Å². The number of aromatic hydroxyl groups is 1. The lowest BCUT2D eigenvalue weighted by Crippen LogP contribution is -2.15. The fourth-order valence-corrected chi connectivity index (χ4v) is 3.79. The van der Waals surface area contributed by atoms with Crippen molar-refractivity contribution < 1.29 is 5.11 Å². The van der Waals surface area contributed by atoms with E-state index in [9.17, 15) is 5.11 Å². The zero-order valence-electron chi connectivity index (χ0n) is 14.2. The lowest BCUT2D eigenvalue weighted by Gasteiger charge is -2.06. The van der Waals surface area contributed by atoms with E-state index in [-0.39, 0.29) is 11.9 Å². The molecule has 24 heavy (non-hydrogen) atoms. The number of hydrogen-bond acceptors (Lipinski definition) is 4. The smallest absolute Gasteiger partial charge is 0.211 e. The van der Waals surface area contributed by atoms with E-state index < -0.39 is 0 Å². The molecule has 1 aromatic carbocycles. The van der Waals surface area contributed by atoms with Gasteiger partial charge in [-0.25, -0.2) is 0 Å². The SMILES string of the molecule is C=C(c1cnc2ccccc2c1)c1sc(=NC(C)C)n(CC)c1O. The average Bonchev–Trinajstić information content (AvgIpc) is 2.88. The molecular formula is C19H21N3OS. The number of rotatable bonds is 4. The molecule has 0 aliphatic carbocycles. The first-order valence-electron chi connectivity index (χ1n) is 8.02. The van der Waals surface area contributed by atoms with Crippen molar-refractivity contribution in [1.82, 2.24) is 9.55 Å². The van der Waals surface area contributed by atoms with Crippen LogP contribution >= 0.6 is 11.3 Å². The zero-order valence-corrected chi connectivity index (χ0v) is 15.0. The second-order valence-electron chi connectivity index (χ2n) is 5.90. The molecule has 0 saturated heterocycles. The van der Waals surface area contributed by atoms with E-state index in [1.807, 2.05) is 49.6 Å². The predicted octanol–water partition coefficient (Wildman–Crippen LogP) is 4.19. The van der Waals surface area contributed by atoms with Gasteiger partial charge < -0.3 is 5.11 Å². The summed E-state index contributed by atoms with van der Waals surface area (Å²) in [5.41, 5.74) is 2.62. The highest BCUT2D eigenvalue weighted by Gasteiger charge is 2.16. The van der Waals surface area contributed by atoms with E-state index in [0.29, 0.717) is 6.54 Å². The third-order valence-electron chi connectivity index (χ3n) is 3.78. The van der Waals surface area contributed by atoms with Crippen LogP contribution in [0.1, 0.15) is 31.2 Å². The lowest BCUT2D eigenvalue weighted by molar-refractivity contribution is 0.414. The van der Waals surface area contributed by atoms with Crippen LogP contribution < -0.4 is 4.80 Å². The van der Waals surface area contributed by atoms with Gasteiger partial charge in [-0.3, -0.25) is 14.5 Å². The summed E-state index contributed by atoms with van der Waals surface area (Å²) in [6, 6.07) is 10.2.